The lowest BCUT2D eigenvalue weighted by molar-refractivity contribution is 0.301. The number of hydrogen-bond acceptors (Lipinski definition) is 2. The Hall–Kier alpha value is -1.13. The molecule has 1 aromatic rings. The van der Waals surface area contributed by atoms with Crippen LogP contribution in [0.15, 0.2) is 24.3 Å². The van der Waals surface area contributed by atoms with Gasteiger partial charge in [-0.2, -0.15) is 0 Å². The molecule has 0 unspecified atom stereocenters. The second-order valence-corrected chi connectivity index (χ2v) is 3.38. The average Bonchev–Trinajstić information content (AvgIpc) is 2.18. The molecule has 0 amide bonds. The van der Waals surface area contributed by atoms with Gasteiger partial charge in [0.1, 0.15) is 0 Å². The fourth-order valence-corrected chi connectivity index (χ4v) is 1.20. The summed E-state index contributed by atoms with van der Waals surface area (Å²) < 4.78 is 0. The molecule has 1 aromatic carbocycles. The van der Waals surface area contributed by atoms with Gasteiger partial charge in [-0.25, -0.2) is 0 Å². The van der Waals surface area contributed by atoms with Gasteiger partial charge in [0, 0.05) is 12.2 Å². The van der Waals surface area contributed by atoms with E-state index in [1.165, 1.54) is 5.56 Å². The molecule has 0 radical (unpaired) electrons. The third-order valence-corrected chi connectivity index (χ3v) is 1.95. The molecule has 3 N–H and O–H groups in total. The topological polar surface area (TPSA) is 44.3 Å². The molecule has 0 saturated carbocycles. The second kappa shape index (κ2) is 5.57. The highest BCUT2D eigenvalue weighted by Gasteiger charge is 1.95. The molecule has 0 aliphatic rings. The molecule has 0 aliphatic carbocycles. The minimum absolute atomic E-state index is 0.0791. The van der Waals surface area contributed by atoms with Gasteiger partial charge in [0.15, 0.2) is 5.11 Å². The number of aliphatic hydroxyl groups is 1. The van der Waals surface area contributed by atoms with Crippen molar-refractivity contribution in [3.63, 3.8) is 0 Å². The lowest BCUT2D eigenvalue weighted by Crippen LogP contribution is -2.30. The highest BCUT2D eigenvalue weighted by atomic mass is 32.1. The number of aliphatic hydroxyl groups excluding tert-OH is 1. The Balaban J connectivity index is 2.44. The summed E-state index contributed by atoms with van der Waals surface area (Å²) in [6.45, 7) is 2.58. The standard InChI is InChI=1S/C10H14N2OS/c1-8-2-4-9(5-3-8)12-10(14)11-6-7-13/h2-5,13H,6-7H2,1H3,(H2,11,12,14). The van der Waals surface area contributed by atoms with Gasteiger partial charge in [-0.3, -0.25) is 0 Å². The van der Waals surface area contributed by atoms with E-state index in [0.717, 1.165) is 5.69 Å². The molecular weight excluding hydrogens is 196 g/mol. The van der Waals surface area contributed by atoms with Crippen molar-refractivity contribution in [2.24, 2.45) is 0 Å². The van der Waals surface area contributed by atoms with E-state index >= 15 is 0 Å². The van der Waals surface area contributed by atoms with Crippen LogP contribution in [-0.2, 0) is 0 Å². The predicted molar refractivity (Wildman–Crippen MR) is 62.5 cm³/mol. The lowest BCUT2D eigenvalue weighted by Gasteiger charge is -2.09. The van der Waals surface area contributed by atoms with Crippen LogP contribution in [0.4, 0.5) is 5.69 Å². The largest absolute Gasteiger partial charge is 0.395 e. The van der Waals surface area contributed by atoms with Crippen molar-refractivity contribution in [2.45, 2.75) is 6.92 Å². The number of anilines is 1. The zero-order valence-electron chi connectivity index (χ0n) is 8.08. The minimum atomic E-state index is 0.0791. The normalized spacial score (nSPS) is 9.57. The fraction of sp³-hybridized carbons (Fsp3) is 0.300. The lowest BCUT2D eigenvalue weighted by atomic mass is 10.2. The monoisotopic (exact) mass is 210 g/mol. The number of rotatable bonds is 3. The average molecular weight is 210 g/mol. The predicted octanol–water partition coefficient (Wildman–Crippen LogP) is 1.27. The Bertz CT molecular complexity index is 297. The maximum atomic E-state index is 8.57. The first-order valence-corrected chi connectivity index (χ1v) is 4.85. The van der Waals surface area contributed by atoms with Crippen molar-refractivity contribution in [3.05, 3.63) is 29.8 Å². The van der Waals surface area contributed by atoms with Crippen molar-refractivity contribution in [1.82, 2.24) is 5.32 Å². The molecular formula is C10H14N2OS. The second-order valence-electron chi connectivity index (χ2n) is 2.97. The number of nitrogens with one attached hydrogen (secondary N) is 2. The molecule has 0 bridgehead atoms. The van der Waals surface area contributed by atoms with Crippen molar-refractivity contribution >= 4 is 23.0 Å². The van der Waals surface area contributed by atoms with E-state index in [1.807, 2.05) is 31.2 Å². The molecule has 0 aromatic heterocycles. The van der Waals surface area contributed by atoms with Gasteiger partial charge in [-0.05, 0) is 31.3 Å². The van der Waals surface area contributed by atoms with Crippen LogP contribution >= 0.6 is 12.2 Å². The van der Waals surface area contributed by atoms with Gasteiger partial charge in [0.2, 0.25) is 0 Å². The van der Waals surface area contributed by atoms with Gasteiger partial charge in [0.05, 0.1) is 6.61 Å². The fourth-order valence-electron chi connectivity index (χ4n) is 0.982. The van der Waals surface area contributed by atoms with Crippen LogP contribution in [0.25, 0.3) is 0 Å². The van der Waals surface area contributed by atoms with Crippen molar-refractivity contribution in [3.8, 4) is 0 Å². The van der Waals surface area contributed by atoms with Crippen molar-refractivity contribution in [1.29, 1.82) is 0 Å². The molecule has 0 atom stereocenters. The van der Waals surface area contributed by atoms with Crippen LogP contribution < -0.4 is 10.6 Å². The van der Waals surface area contributed by atoms with E-state index in [2.05, 4.69) is 10.6 Å². The number of hydrogen-bond donors (Lipinski definition) is 3. The van der Waals surface area contributed by atoms with Crippen molar-refractivity contribution < 1.29 is 5.11 Å². The summed E-state index contributed by atoms with van der Waals surface area (Å²) in [6.07, 6.45) is 0. The van der Waals surface area contributed by atoms with Crippen molar-refractivity contribution in [2.75, 3.05) is 18.5 Å². The number of benzene rings is 1. The first kappa shape index (κ1) is 10.9. The SMILES string of the molecule is Cc1ccc(NC(=S)NCCO)cc1. The summed E-state index contributed by atoms with van der Waals surface area (Å²) in [7, 11) is 0. The molecule has 0 fully saturated rings. The Morgan fingerprint density at radius 2 is 2.00 bits per heavy atom. The number of thiocarbonyl (C=S) groups is 1. The molecule has 4 heteroatoms. The maximum Gasteiger partial charge on any atom is 0.170 e. The van der Waals surface area contributed by atoms with Gasteiger partial charge in [-0.1, -0.05) is 17.7 Å². The Labute approximate surface area is 89.1 Å². The summed E-state index contributed by atoms with van der Waals surface area (Å²) >= 11 is 5.00. The summed E-state index contributed by atoms with van der Waals surface area (Å²) in [6, 6.07) is 7.94. The van der Waals surface area contributed by atoms with Crippen LogP contribution in [0, 0.1) is 6.92 Å². The highest BCUT2D eigenvalue weighted by molar-refractivity contribution is 7.80. The van der Waals surface area contributed by atoms with Crippen LogP contribution in [0.1, 0.15) is 5.56 Å². The van der Waals surface area contributed by atoms with Crippen LogP contribution in [0.2, 0.25) is 0 Å². The third kappa shape index (κ3) is 3.72. The van der Waals surface area contributed by atoms with E-state index in [9.17, 15) is 0 Å². The Kier molecular flexibility index (Phi) is 4.35. The molecule has 3 nitrogen and oxygen atoms in total. The third-order valence-electron chi connectivity index (χ3n) is 1.71. The minimum Gasteiger partial charge on any atom is -0.395 e. The van der Waals surface area contributed by atoms with Crippen LogP contribution in [0.3, 0.4) is 0 Å². The number of aryl methyl sites for hydroxylation is 1. The molecule has 0 heterocycles. The van der Waals surface area contributed by atoms with Gasteiger partial charge in [0.25, 0.3) is 0 Å². The van der Waals surface area contributed by atoms with E-state index in [0.29, 0.717) is 11.7 Å². The quantitative estimate of drug-likeness (QED) is 0.657. The smallest absolute Gasteiger partial charge is 0.170 e. The summed E-state index contributed by atoms with van der Waals surface area (Å²) in [5.41, 5.74) is 2.16. The summed E-state index contributed by atoms with van der Waals surface area (Å²) in [4.78, 5) is 0. The zero-order valence-corrected chi connectivity index (χ0v) is 8.90. The van der Waals surface area contributed by atoms with E-state index in [-0.39, 0.29) is 6.61 Å². The van der Waals surface area contributed by atoms with E-state index in [1.54, 1.807) is 0 Å². The van der Waals surface area contributed by atoms with E-state index in [4.69, 9.17) is 17.3 Å². The molecule has 14 heavy (non-hydrogen) atoms. The first-order valence-electron chi connectivity index (χ1n) is 4.45. The molecule has 0 aliphatic heterocycles. The zero-order chi connectivity index (χ0) is 10.4. The van der Waals surface area contributed by atoms with Crippen LogP contribution in [-0.4, -0.2) is 23.4 Å². The highest BCUT2D eigenvalue weighted by Crippen LogP contribution is 2.07. The first-order chi connectivity index (χ1) is 6.72. The summed E-state index contributed by atoms with van der Waals surface area (Å²) in [5, 5.41) is 15.0. The maximum absolute atomic E-state index is 8.57. The Morgan fingerprint density at radius 3 is 2.57 bits per heavy atom. The molecule has 0 spiro atoms. The molecule has 0 saturated heterocycles. The van der Waals surface area contributed by atoms with E-state index < -0.39 is 0 Å². The van der Waals surface area contributed by atoms with Gasteiger partial charge < -0.3 is 15.7 Å². The Morgan fingerprint density at radius 1 is 1.36 bits per heavy atom. The van der Waals surface area contributed by atoms with Crippen LogP contribution in [0.5, 0.6) is 0 Å². The van der Waals surface area contributed by atoms with Gasteiger partial charge in [-0.15, -0.1) is 0 Å². The summed E-state index contributed by atoms with van der Waals surface area (Å²) in [5.74, 6) is 0. The molecule has 76 valence electrons. The molecule has 1 rings (SSSR count). The van der Waals surface area contributed by atoms with Gasteiger partial charge >= 0.3 is 0 Å².